The van der Waals surface area contributed by atoms with E-state index in [4.69, 9.17) is 21.7 Å². The minimum absolute atomic E-state index is 0.0989. The second kappa shape index (κ2) is 6.22. The SMILES string of the molecule is N=C1C(=O)OC[C@H]1c1ccccc1NC(=O)c1ccc(Cl)cc1. The normalized spacial score (nSPS) is 17.0. The van der Waals surface area contributed by atoms with Gasteiger partial charge in [-0.05, 0) is 35.9 Å². The number of cyclic esters (lactones) is 1. The van der Waals surface area contributed by atoms with Gasteiger partial charge in [0.25, 0.3) is 5.91 Å². The van der Waals surface area contributed by atoms with Gasteiger partial charge in [0.2, 0.25) is 0 Å². The van der Waals surface area contributed by atoms with Crippen molar-refractivity contribution in [1.29, 1.82) is 5.41 Å². The molecule has 23 heavy (non-hydrogen) atoms. The number of rotatable bonds is 3. The average molecular weight is 329 g/mol. The number of carbonyl (C=O) groups is 2. The molecule has 0 saturated carbocycles. The number of amides is 1. The minimum Gasteiger partial charge on any atom is -0.460 e. The first kappa shape index (κ1) is 15.2. The van der Waals surface area contributed by atoms with E-state index in [2.05, 4.69) is 5.32 Å². The maximum atomic E-state index is 12.3. The summed E-state index contributed by atoms with van der Waals surface area (Å²) in [5, 5.41) is 11.2. The Labute approximate surface area is 137 Å². The summed E-state index contributed by atoms with van der Waals surface area (Å²) in [6, 6.07) is 13.6. The molecule has 1 fully saturated rings. The molecule has 0 aliphatic carbocycles. The summed E-state index contributed by atoms with van der Waals surface area (Å²) in [5.41, 5.74) is 1.61. The molecule has 2 N–H and O–H groups in total. The van der Waals surface area contributed by atoms with Crippen molar-refractivity contribution in [3.05, 3.63) is 64.7 Å². The van der Waals surface area contributed by atoms with Crippen LogP contribution in [0.1, 0.15) is 21.8 Å². The second-order valence-corrected chi connectivity index (χ2v) is 5.55. The number of esters is 1. The highest BCUT2D eigenvalue weighted by atomic mass is 35.5. The van der Waals surface area contributed by atoms with Crippen molar-refractivity contribution in [3.8, 4) is 0 Å². The van der Waals surface area contributed by atoms with Gasteiger partial charge in [-0.25, -0.2) is 4.79 Å². The van der Waals surface area contributed by atoms with Crippen molar-refractivity contribution >= 4 is 34.9 Å². The van der Waals surface area contributed by atoms with Crippen molar-refractivity contribution in [1.82, 2.24) is 0 Å². The van der Waals surface area contributed by atoms with Crippen LogP contribution in [0, 0.1) is 5.41 Å². The Balaban J connectivity index is 1.86. The van der Waals surface area contributed by atoms with Crippen LogP contribution in [0.5, 0.6) is 0 Å². The lowest BCUT2D eigenvalue weighted by atomic mass is 9.95. The highest BCUT2D eigenvalue weighted by molar-refractivity contribution is 6.39. The van der Waals surface area contributed by atoms with E-state index in [0.717, 1.165) is 0 Å². The van der Waals surface area contributed by atoms with Crippen LogP contribution >= 0.6 is 11.6 Å². The first-order valence-electron chi connectivity index (χ1n) is 6.97. The molecule has 0 bridgehead atoms. The summed E-state index contributed by atoms with van der Waals surface area (Å²) in [6.07, 6.45) is 0. The Morgan fingerprint density at radius 2 is 1.87 bits per heavy atom. The molecule has 3 rings (SSSR count). The fraction of sp³-hybridized carbons (Fsp3) is 0.118. The number of benzene rings is 2. The Hall–Kier alpha value is -2.66. The van der Waals surface area contributed by atoms with Gasteiger partial charge >= 0.3 is 5.97 Å². The largest absolute Gasteiger partial charge is 0.460 e. The number of anilines is 1. The zero-order valence-electron chi connectivity index (χ0n) is 12.0. The predicted octanol–water partition coefficient (Wildman–Crippen LogP) is 3.25. The van der Waals surface area contributed by atoms with Gasteiger partial charge in [0, 0.05) is 16.3 Å². The first-order chi connectivity index (χ1) is 11.1. The van der Waals surface area contributed by atoms with Crippen molar-refractivity contribution in [2.45, 2.75) is 5.92 Å². The van der Waals surface area contributed by atoms with E-state index in [9.17, 15) is 9.59 Å². The molecule has 0 aromatic heterocycles. The van der Waals surface area contributed by atoms with Crippen molar-refractivity contribution in [2.75, 3.05) is 11.9 Å². The van der Waals surface area contributed by atoms with Crippen molar-refractivity contribution in [2.24, 2.45) is 0 Å². The molecular formula is C17H13ClN2O3. The zero-order chi connectivity index (χ0) is 16.4. The molecule has 1 atom stereocenters. The van der Waals surface area contributed by atoms with Crippen molar-refractivity contribution in [3.63, 3.8) is 0 Å². The number of ether oxygens (including phenoxy) is 1. The van der Waals surface area contributed by atoms with Gasteiger partial charge in [0.15, 0.2) is 0 Å². The summed E-state index contributed by atoms with van der Waals surface area (Å²) in [7, 11) is 0. The number of halogens is 1. The number of para-hydroxylation sites is 1. The Morgan fingerprint density at radius 1 is 1.17 bits per heavy atom. The van der Waals surface area contributed by atoms with E-state index in [1.54, 1.807) is 48.5 Å². The molecule has 1 saturated heterocycles. The van der Waals surface area contributed by atoms with Crippen LogP contribution < -0.4 is 5.32 Å². The molecule has 0 unspecified atom stereocenters. The van der Waals surface area contributed by atoms with Crippen LogP contribution in [0.2, 0.25) is 5.02 Å². The van der Waals surface area contributed by atoms with Gasteiger partial charge in [-0.2, -0.15) is 0 Å². The van der Waals surface area contributed by atoms with E-state index >= 15 is 0 Å². The monoisotopic (exact) mass is 328 g/mol. The number of hydrogen-bond acceptors (Lipinski definition) is 4. The summed E-state index contributed by atoms with van der Waals surface area (Å²) >= 11 is 5.82. The molecule has 1 aliphatic heterocycles. The predicted molar refractivity (Wildman–Crippen MR) is 87.3 cm³/mol. The first-order valence-corrected chi connectivity index (χ1v) is 7.35. The van der Waals surface area contributed by atoms with Crippen LogP contribution in [0.4, 0.5) is 5.69 Å². The summed E-state index contributed by atoms with van der Waals surface area (Å²) in [5.74, 6) is -1.37. The molecular weight excluding hydrogens is 316 g/mol. The van der Waals surface area contributed by atoms with Gasteiger partial charge < -0.3 is 10.1 Å². The standard InChI is InChI=1S/C17H13ClN2O3/c18-11-7-5-10(6-8-11)16(21)20-14-4-2-1-3-12(14)13-9-23-17(22)15(13)19/h1-8,13,19H,9H2,(H,20,21)/t13-/m0/s1. The lowest BCUT2D eigenvalue weighted by Crippen LogP contribution is -2.17. The van der Waals surface area contributed by atoms with Crippen LogP contribution in [0.15, 0.2) is 48.5 Å². The topological polar surface area (TPSA) is 79.2 Å². The number of carbonyl (C=O) groups excluding carboxylic acids is 2. The lowest BCUT2D eigenvalue weighted by molar-refractivity contribution is -0.132. The van der Waals surface area contributed by atoms with E-state index in [1.807, 2.05) is 0 Å². The maximum Gasteiger partial charge on any atom is 0.352 e. The number of nitrogens with one attached hydrogen (secondary N) is 2. The van der Waals surface area contributed by atoms with Gasteiger partial charge in [0.05, 0.1) is 5.92 Å². The molecule has 0 spiro atoms. The Bertz CT molecular complexity index is 787. The molecule has 1 aliphatic rings. The third kappa shape index (κ3) is 3.10. The summed E-state index contributed by atoms with van der Waals surface area (Å²) in [6.45, 7) is 0.117. The van der Waals surface area contributed by atoms with Crippen molar-refractivity contribution < 1.29 is 14.3 Å². The summed E-state index contributed by atoms with van der Waals surface area (Å²) in [4.78, 5) is 23.7. The van der Waals surface area contributed by atoms with Gasteiger partial charge in [-0.15, -0.1) is 0 Å². The Kier molecular flexibility index (Phi) is 4.12. The van der Waals surface area contributed by atoms with Gasteiger partial charge in [-0.1, -0.05) is 29.8 Å². The van der Waals surface area contributed by atoms with Crippen LogP contribution in [-0.4, -0.2) is 24.2 Å². The zero-order valence-corrected chi connectivity index (χ0v) is 12.8. The molecule has 1 heterocycles. The minimum atomic E-state index is -0.617. The highest BCUT2D eigenvalue weighted by Crippen LogP contribution is 2.30. The average Bonchev–Trinajstić information content (AvgIpc) is 2.88. The van der Waals surface area contributed by atoms with Gasteiger partial charge in [-0.3, -0.25) is 10.2 Å². The lowest BCUT2D eigenvalue weighted by Gasteiger charge is -2.14. The summed E-state index contributed by atoms with van der Waals surface area (Å²) < 4.78 is 4.90. The maximum absolute atomic E-state index is 12.3. The van der Waals surface area contributed by atoms with E-state index in [1.165, 1.54) is 0 Å². The van der Waals surface area contributed by atoms with Crippen LogP contribution in [0.25, 0.3) is 0 Å². The molecule has 1 amide bonds. The Morgan fingerprint density at radius 3 is 2.52 bits per heavy atom. The van der Waals surface area contributed by atoms with Crippen LogP contribution in [0.3, 0.4) is 0 Å². The third-order valence-corrected chi connectivity index (χ3v) is 3.89. The van der Waals surface area contributed by atoms with E-state index < -0.39 is 11.9 Å². The molecule has 0 radical (unpaired) electrons. The molecule has 116 valence electrons. The molecule has 2 aromatic rings. The van der Waals surface area contributed by atoms with Gasteiger partial charge in [0.1, 0.15) is 12.3 Å². The fourth-order valence-electron chi connectivity index (χ4n) is 2.42. The quantitative estimate of drug-likeness (QED) is 0.849. The second-order valence-electron chi connectivity index (χ2n) is 5.11. The molecule has 6 heteroatoms. The highest BCUT2D eigenvalue weighted by Gasteiger charge is 2.33. The third-order valence-electron chi connectivity index (χ3n) is 3.64. The van der Waals surface area contributed by atoms with E-state index in [0.29, 0.717) is 21.8 Å². The molecule has 2 aromatic carbocycles. The smallest absolute Gasteiger partial charge is 0.352 e. The van der Waals surface area contributed by atoms with E-state index in [-0.39, 0.29) is 18.2 Å². The number of hydrogen-bond donors (Lipinski definition) is 2. The molecule has 5 nitrogen and oxygen atoms in total. The van der Waals surface area contributed by atoms with Crippen LogP contribution in [-0.2, 0) is 9.53 Å². The fourth-order valence-corrected chi connectivity index (χ4v) is 2.54.